The van der Waals surface area contributed by atoms with Crippen LogP contribution in [0.1, 0.15) is 37.9 Å². The van der Waals surface area contributed by atoms with Gasteiger partial charge in [0.2, 0.25) is 0 Å². The predicted molar refractivity (Wildman–Crippen MR) is 103 cm³/mol. The van der Waals surface area contributed by atoms with Crippen LogP contribution in [0.15, 0.2) is 40.3 Å². The van der Waals surface area contributed by atoms with E-state index in [2.05, 4.69) is 5.32 Å². The van der Waals surface area contributed by atoms with Crippen LogP contribution in [-0.4, -0.2) is 11.9 Å². The second-order valence-electron chi connectivity index (χ2n) is 6.28. The molecule has 1 aliphatic carbocycles. The maximum atomic E-state index is 12.3. The van der Waals surface area contributed by atoms with Crippen LogP contribution < -0.4 is 5.32 Å². The van der Waals surface area contributed by atoms with E-state index in [4.69, 9.17) is 27.6 Å². The lowest BCUT2D eigenvalue weighted by Gasteiger charge is -2.22. The molecule has 1 N–H and O–H groups in total. The third-order valence-corrected chi connectivity index (χ3v) is 5.25. The summed E-state index contributed by atoms with van der Waals surface area (Å²) in [6, 6.07) is 10.8. The molecule has 0 spiro atoms. The Balaban J connectivity index is 1.77. The first-order chi connectivity index (χ1) is 12.6. The molecular weight excluding hydrogens is 371 g/mol. The lowest BCUT2D eigenvalue weighted by atomic mass is 9.95. The van der Waals surface area contributed by atoms with E-state index in [1.54, 1.807) is 30.3 Å². The minimum absolute atomic E-state index is 0.0219. The number of carbonyl (C=O) groups is 1. The minimum atomic E-state index is -0.363. The summed E-state index contributed by atoms with van der Waals surface area (Å²) in [5.74, 6) is 0.568. The fourth-order valence-electron chi connectivity index (χ4n) is 3.07. The normalized spacial score (nSPS) is 15.5. The van der Waals surface area contributed by atoms with Gasteiger partial charge in [-0.2, -0.15) is 5.26 Å². The molecule has 134 valence electrons. The van der Waals surface area contributed by atoms with Gasteiger partial charge in [-0.25, -0.2) is 0 Å². The minimum Gasteiger partial charge on any atom is -0.457 e. The van der Waals surface area contributed by atoms with Gasteiger partial charge in [-0.15, -0.1) is 0 Å². The zero-order valence-corrected chi connectivity index (χ0v) is 15.6. The van der Waals surface area contributed by atoms with Crippen LogP contribution >= 0.6 is 23.2 Å². The van der Waals surface area contributed by atoms with E-state index in [1.807, 2.05) is 6.07 Å². The van der Waals surface area contributed by atoms with Crippen LogP contribution in [0.2, 0.25) is 10.0 Å². The van der Waals surface area contributed by atoms with Crippen LogP contribution in [0.5, 0.6) is 0 Å². The average Bonchev–Trinajstić information content (AvgIpc) is 3.11. The molecule has 0 bridgehead atoms. The Labute approximate surface area is 162 Å². The number of hydrogen-bond donors (Lipinski definition) is 1. The molecule has 1 heterocycles. The quantitative estimate of drug-likeness (QED) is 0.546. The lowest BCUT2D eigenvalue weighted by molar-refractivity contribution is -0.117. The molecule has 2 aromatic rings. The first-order valence-corrected chi connectivity index (χ1v) is 9.31. The molecule has 1 saturated carbocycles. The Morgan fingerprint density at radius 2 is 1.96 bits per heavy atom. The smallest absolute Gasteiger partial charge is 0.262 e. The number of nitriles is 1. The number of halogens is 2. The van der Waals surface area contributed by atoms with Crippen molar-refractivity contribution in [2.45, 2.75) is 38.1 Å². The Morgan fingerprint density at radius 3 is 2.69 bits per heavy atom. The molecule has 1 aromatic carbocycles. The third kappa shape index (κ3) is 4.30. The van der Waals surface area contributed by atoms with Gasteiger partial charge < -0.3 is 9.73 Å². The molecule has 0 atom stereocenters. The van der Waals surface area contributed by atoms with E-state index >= 15 is 0 Å². The van der Waals surface area contributed by atoms with Gasteiger partial charge in [0.1, 0.15) is 23.2 Å². The van der Waals surface area contributed by atoms with Gasteiger partial charge in [-0.1, -0.05) is 48.5 Å². The lowest BCUT2D eigenvalue weighted by Crippen LogP contribution is -2.36. The fourth-order valence-corrected chi connectivity index (χ4v) is 3.46. The highest BCUT2D eigenvalue weighted by atomic mass is 35.5. The summed E-state index contributed by atoms with van der Waals surface area (Å²) in [5.41, 5.74) is 0.678. The Bertz CT molecular complexity index is 874. The van der Waals surface area contributed by atoms with Crippen LogP contribution in [0.3, 0.4) is 0 Å². The van der Waals surface area contributed by atoms with Crippen molar-refractivity contribution >= 4 is 35.2 Å². The third-order valence-electron chi connectivity index (χ3n) is 4.44. The standard InChI is InChI=1S/C20H18Cl2N2O2/c21-17-8-4-7-16(19(17)22)18-10-9-15(26-18)11-13(12-23)20(25)24-14-5-2-1-3-6-14/h4,7-11,14H,1-3,5-6H2,(H,24,25). The van der Waals surface area contributed by atoms with Crippen molar-refractivity contribution < 1.29 is 9.21 Å². The van der Waals surface area contributed by atoms with Crippen molar-refractivity contribution in [3.05, 3.63) is 51.7 Å². The first kappa shape index (κ1) is 18.6. The van der Waals surface area contributed by atoms with E-state index in [9.17, 15) is 10.1 Å². The molecule has 0 saturated heterocycles. The zero-order valence-electron chi connectivity index (χ0n) is 14.1. The number of nitrogens with one attached hydrogen (secondary N) is 1. The first-order valence-electron chi connectivity index (χ1n) is 8.55. The molecule has 1 fully saturated rings. The van der Waals surface area contributed by atoms with Gasteiger partial charge in [-0.05, 0) is 37.1 Å². The maximum Gasteiger partial charge on any atom is 0.262 e. The summed E-state index contributed by atoms with van der Waals surface area (Å²) in [6.07, 6.45) is 6.79. The summed E-state index contributed by atoms with van der Waals surface area (Å²) in [5, 5.41) is 13.1. The molecule has 1 aromatic heterocycles. The molecule has 1 aliphatic rings. The van der Waals surface area contributed by atoms with E-state index in [-0.39, 0.29) is 17.5 Å². The number of rotatable bonds is 4. The fraction of sp³-hybridized carbons (Fsp3) is 0.300. The zero-order chi connectivity index (χ0) is 18.5. The topological polar surface area (TPSA) is 66.0 Å². The average molecular weight is 389 g/mol. The van der Waals surface area contributed by atoms with Crippen LogP contribution in [-0.2, 0) is 4.79 Å². The van der Waals surface area contributed by atoms with Crippen molar-refractivity contribution in [1.29, 1.82) is 5.26 Å². The molecule has 1 amide bonds. The van der Waals surface area contributed by atoms with Crippen molar-refractivity contribution in [3.8, 4) is 17.4 Å². The molecule has 3 rings (SSSR count). The summed E-state index contributed by atoms with van der Waals surface area (Å²) in [4.78, 5) is 12.3. The van der Waals surface area contributed by atoms with E-state index in [0.717, 1.165) is 25.7 Å². The number of nitrogens with zero attached hydrogens (tertiary/aromatic N) is 1. The summed E-state index contributed by atoms with van der Waals surface area (Å²) < 4.78 is 5.73. The second-order valence-corrected chi connectivity index (χ2v) is 7.07. The van der Waals surface area contributed by atoms with Gasteiger partial charge in [-0.3, -0.25) is 4.79 Å². The molecule has 0 unspecified atom stereocenters. The van der Waals surface area contributed by atoms with Crippen LogP contribution in [0.25, 0.3) is 17.4 Å². The van der Waals surface area contributed by atoms with Gasteiger partial charge >= 0.3 is 0 Å². The molecule has 4 nitrogen and oxygen atoms in total. The van der Waals surface area contributed by atoms with Crippen molar-refractivity contribution in [3.63, 3.8) is 0 Å². The SMILES string of the molecule is N#CC(=Cc1ccc(-c2cccc(Cl)c2Cl)o1)C(=O)NC1CCCCC1. The molecule has 0 radical (unpaired) electrons. The van der Waals surface area contributed by atoms with Gasteiger partial charge in [0.15, 0.2) is 0 Å². The van der Waals surface area contributed by atoms with Gasteiger partial charge in [0, 0.05) is 17.7 Å². The molecule has 0 aliphatic heterocycles. The van der Waals surface area contributed by atoms with Crippen LogP contribution in [0, 0.1) is 11.3 Å². The monoisotopic (exact) mass is 388 g/mol. The number of amides is 1. The number of benzene rings is 1. The van der Waals surface area contributed by atoms with Gasteiger partial charge in [0.25, 0.3) is 5.91 Å². The second kappa shape index (κ2) is 8.44. The van der Waals surface area contributed by atoms with Crippen LogP contribution in [0.4, 0.5) is 0 Å². The Hall–Kier alpha value is -2.22. The van der Waals surface area contributed by atoms with Gasteiger partial charge in [0.05, 0.1) is 10.0 Å². The molecule has 26 heavy (non-hydrogen) atoms. The number of carbonyl (C=O) groups excluding carboxylic acids is 1. The Morgan fingerprint density at radius 1 is 1.19 bits per heavy atom. The molecule has 6 heteroatoms. The predicted octanol–water partition coefficient (Wildman–Crippen LogP) is 5.61. The largest absolute Gasteiger partial charge is 0.457 e. The van der Waals surface area contributed by atoms with Crippen molar-refractivity contribution in [1.82, 2.24) is 5.32 Å². The van der Waals surface area contributed by atoms with E-state index < -0.39 is 0 Å². The maximum absolute atomic E-state index is 12.3. The van der Waals surface area contributed by atoms with E-state index in [1.165, 1.54) is 12.5 Å². The highest BCUT2D eigenvalue weighted by Gasteiger charge is 2.18. The molecular formula is C20H18Cl2N2O2. The number of hydrogen-bond acceptors (Lipinski definition) is 3. The van der Waals surface area contributed by atoms with E-state index in [0.29, 0.717) is 27.1 Å². The summed E-state index contributed by atoms with van der Waals surface area (Å²) >= 11 is 12.2. The van der Waals surface area contributed by atoms with Crippen molar-refractivity contribution in [2.75, 3.05) is 0 Å². The highest BCUT2D eigenvalue weighted by Crippen LogP contribution is 2.34. The number of furan rings is 1. The summed E-state index contributed by atoms with van der Waals surface area (Å²) in [7, 11) is 0. The van der Waals surface area contributed by atoms with Crippen molar-refractivity contribution in [2.24, 2.45) is 0 Å². The summed E-state index contributed by atoms with van der Waals surface area (Å²) in [6.45, 7) is 0. The Kier molecular flexibility index (Phi) is 6.03. The highest BCUT2D eigenvalue weighted by molar-refractivity contribution is 6.43.